The Kier molecular flexibility index (Phi) is 6.51. The van der Waals surface area contributed by atoms with Crippen LogP contribution in [0.4, 0.5) is 0 Å². The van der Waals surface area contributed by atoms with Crippen molar-refractivity contribution in [1.82, 2.24) is 10.3 Å². The number of hydrogen-bond donors (Lipinski definition) is 1. The van der Waals surface area contributed by atoms with Gasteiger partial charge in [-0.2, -0.15) is 0 Å². The summed E-state index contributed by atoms with van der Waals surface area (Å²) in [5.74, 6) is -0.979. The summed E-state index contributed by atoms with van der Waals surface area (Å²) in [6, 6.07) is 22.7. The predicted octanol–water partition coefficient (Wildman–Crippen LogP) is 5.84. The molecule has 2 unspecified atom stereocenters. The number of nitrogens with one attached hydrogen (secondary N) is 1. The first-order chi connectivity index (χ1) is 17.0. The average molecular weight is 485 g/mol. The topological polar surface area (TPSA) is 68.3 Å². The van der Waals surface area contributed by atoms with Crippen LogP contribution in [0.3, 0.4) is 0 Å². The number of allylic oxidation sites excluding steroid dienone is 3. The Labute approximate surface area is 209 Å². The van der Waals surface area contributed by atoms with Gasteiger partial charge in [0.15, 0.2) is 5.78 Å². The van der Waals surface area contributed by atoms with Crippen LogP contribution in [0.1, 0.15) is 48.4 Å². The number of nitrogens with zero attached hydrogens (tertiary/aromatic N) is 1. The van der Waals surface area contributed by atoms with Crippen LogP contribution in [0, 0.1) is 0 Å². The van der Waals surface area contributed by atoms with Gasteiger partial charge in [0, 0.05) is 34.6 Å². The van der Waals surface area contributed by atoms with Crippen LogP contribution in [0.25, 0.3) is 0 Å². The van der Waals surface area contributed by atoms with Crippen molar-refractivity contribution < 1.29 is 14.3 Å². The fourth-order valence-corrected chi connectivity index (χ4v) is 5.05. The van der Waals surface area contributed by atoms with Crippen molar-refractivity contribution in [3.63, 3.8) is 0 Å². The van der Waals surface area contributed by atoms with Crippen LogP contribution in [0.2, 0.25) is 5.02 Å². The van der Waals surface area contributed by atoms with Crippen LogP contribution >= 0.6 is 11.6 Å². The predicted molar refractivity (Wildman–Crippen MR) is 135 cm³/mol. The number of carbonyl (C=O) groups is 2. The molecular formula is C29H25ClN2O3. The molecule has 1 aliphatic carbocycles. The minimum atomic E-state index is -0.575. The number of pyridine rings is 1. The zero-order valence-corrected chi connectivity index (χ0v) is 20.1. The molecule has 6 heteroatoms. The SMILES string of the molecule is CC1=C(C(=O)OCc2ccccc2)C(c2ccccn2)C2=C(CC(c3ccc(Cl)cc3)CC2=O)N1. The summed E-state index contributed by atoms with van der Waals surface area (Å²) >= 11 is 6.06. The summed E-state index contributed by atoms with van der Waals surface area (Å²) in [6.07, 6.45) is 2.70. The van der Waals surface area contributed by atoms with Gasteiger partial charge in [-0.15, -0.1) is 0 Å². The molecule has 0 bridgehead atoms. The van der Waals surface area contributed by atoms with Crippen molar-refractivity contribution in [3.05, 3.63) is 123 Å². The molecule has 2 aliphatic rings. The number of rotatable bonds is 5. The Hall–Kier alpha value is -3.70. The van der Waals surface area contributed by atoms with Crippen molar-refractivity contribution in [3.8, 4) is 0 Å². The molecule has 2 heterocycles. The molecule has 0 radical (unpaired) electrons. The maximum absolute atomic E-state index is 13.6. The molecule has 35 heavy (non-hydrogen) atoms. The zero-order valence-electron chi connectivity index (χ0n) is 19.3. The highest BCUT2D eigenvalue weighted by molar-refractivity contribution is 6.30. The van der Waals surface area contributed by atoms with Gasteiger partial charge in [0.2, 0.25) is 0 Å². The van der Waals surface area contributed by atoms with Crippen molar-refractivity contribution in [2.45, 2.75) is 38.2 Å². The number of esters is 1. The van der Waals surface area contributed by atoms with Crippen molar-refractivity contribution in [1.29, 1.82) is 0 Å². The first-order valence-corrected chi connectivity index (χ1v) is 12.0. The van der Waals surface area contributed by atoms with Gasteiger partial charge in [-0.05, 0) is 54.7 Å². The van der Waals surface area contributed by atoms with E-state index >= 15 is 0 Å². The summed E-state index contributed by atoms with van der Waals surface area (Å²) < 4.78 is 5.70. The van der Waals surface area contributed by atoms with E-state index in [1.165, 1.54) is 0 Å². The normalized spacial score (nSPS) is 19.8. The van der Waals surface area contributed by atoms with E-state index in [0.29, 0.717) is 40.4 Å². The van der Waals surface area contributed by atoms with Gasteiger partial charge in [0.25, 0.3) is 0 Å². The van der Waals surface area contributed by atoms with Crippen LogP contribution in [0.5, 0.6) is 0 Å². The third kappa shape index (κ3) is 4.77. The molecule has 1 aliphatic heterocycles. The zero-order chi connectivity index (χ0) is 24.4. The molecule has 0 saturated heterocycles. The first kappa shape index (κ1) is 23.1. The Morgan fingerprint density at radius 1 is 1.03 bits per heavy atom. The maximum atomic E-state index is 13.6. The molecule has 3 aromatic rings. The second-order valence-electron chi connectivity index (χ2n) is 8.89. The Bertz CT molecular complexity index is 1320. The van der Waals surface area contributed by atoms with Crippen molar-refractivity contribution in [2.24, 2.45) is 0 Å². The van der Waals surface area contributed by atoms with Crippen LogP contribution in [-0.2, 0) is 20.9 Å². The minimum absolute atomic E-state index is 0.00946. The lowest BCUT2D eigenvalue weighted by Crippen LogP contribution is -2.36. The number of ether oxygens (including phenoxy) is 1. The highest BCUT2D eigenvalue weighted by Crippen LogP contribution is 2.45. The number of aromatic nitrogens is 1. The molecule has 176 valence electrons. The molecule has 2 atom stereocenters. The number of hydrogen-bond acceptors (Lipinski definition) is 5. The van der Waals surface area contributed by atoms with E-state index in [2.05, 4.69) is 10.3 Å². The standard InChI is InChI=1S/C29H25ClN2O3/c1-18-26(29(34)35-17-19-7-3-2-4-8-19)28(23-9-5-6-14-31-23)27-24(32-18)15-21(16-25(27)33)20-10-12-22(30)13-11-20/h2-14,21,28,32H,15-17H2,1H3. The number of Topliss-reactive ketones (excluding diaryl/α,β-unsaturated/α-hetero) is 1. The number of benzene rings is 2. The first-order valence-electron chi connectivity index (χ1n) is 11.6. The van der Waals surface area contributed by atoms with Crippen LogP contribution in [-0.4, -0.2) is 16.7 Å². The second kappa shape index (κ2) is 9.88. The third-order valence-corrected chi connectivity index (χ3v) is 6.84. The summed E-state index contributed by atoms with van der Waals surface area (Å²) in [5, 5.41) is 4.04. The molecule has 1 N–H and O–H groups in total. The van der Waals surface area contributed by atoms with E-state index < -0.39 is 11.9 Å². The Morgan fingerprint density at radius 2 is 1.77 bits per heavy atom. The number of halogens is 1. The fraction of sp³-hybridized carbons (Fsp3) is 0.207. The maximum Gasteiger partial charge on any atom is 0.337 e. The third-order valence-electron chi connectivity index (χ3n) is 6.59. The van der Waals surface area contributed by atoms with Gasteiger partial charge < -0.3 is 10.1 Å². The largest absolute Gasteiger partial charge is 0.457 e. The highest BCUT2D eigenvalue weighted by atomic mass is 35.5. The monoisotopic (exact) mass is 484 g/mol. The van der Waals surface area contributed by atoms with E-state index in [9.17, 15) is 9.59 Å². The molecule has 1 aromatic heterocycles. The summed E-state index contributed by atoms with van der Waals surface area (Å²) in [5.41, 5.74) is 5.18. The fourth-order valence-electron chi connectivity index (χ4n) is 4.92. The van der Waals surface area contributed by atoms with Crippen molar-refractivity contribution in [2.75, 3.05) is 0 Å². The molecule has 5 nitrogen and oxygen atoms in total. The van der Waals surface area contributed by atoms with Gasteiger partial charge in [0.1, 0.15) is 6.61 Å². The lowest BCUT2D eigenvalue weighted by Gasteiger charge is -2.36. The lowest BCUT2D eigenvalue weighted by molar-refractivity contribution is -0.140. The van der Waals surface area contributed by atoms with Gasteiger partial charge in [-0.3, -0.25) is 9.78 Å². The highest BCUT2D eigenvalue weighted by Gasteiger charge is 2.42. The Balaban J connectivity index is 1.49. The van der Waals surface area contributed by atoms with E-state index in [-0.39, 0.29) is 18.3 Å². The molecule has 2 aromatic carbocycles. The smallest absolute Gasteiger partial charge is 0.337 e. The van der Waals surface area contributed by atoms with E-state index in [1.54, 1.807) is 6.20 Å². The second-order valence-corrected chi connectivity index (χ2v) is 9.32. The van der Waals surface area contributed by atoms with E-state index in [4.69, 9.17) is 16.3 Å². The van der Waals surface area contributed by atoms with Gasteiger partial charge in [-0.1, -0.05) is 60.1 Å². The van der Waals surface area contributed by atoms with Crippen molar-refractivity contribution >= 4 is 23.4 Å². The van der Waals surface area contributed by atoms with E-state index in [1.807, 2.05) is 79.7 Å². The molecule has 0 saturated carbocycles. The molecule has 0 spiro atoms. The molecule has 0 fully saturated rings. The van der Waals surface area contributed by atoms with Gasteiger partial charge >= 0.3 is 5.97 Å². The van der Waals surface area contributed by atoms with Gasteiger partial charge in [-0.25, -0.2) is 4.79 Å². The number of dihydropyridines is 1. The minimum Gasteiger partial charge on any atom is -0.457 e. The van der Waals surface area contributed by atoms with Gasteiger partial charge in [0.05, 0.1) is 17.2 Å². The average Bonchev–Trinajstić information content (AvgIpc) is 2.88. The summed E-state index contributed by atoms with van der Waals surface area (Å²) in [6.45, 7) is 2.01. The molecule has 0 amide bonds. The Morgan fingerprint density at radius 3 is 2.49 bits per heavy atom. The summed E-state index contributed by atoms with van der Waals surface area (Å²) in [4.78, 5) is 31.5. The quantitative estimate of drug-likeness (QED) is 0.461. The number of ketones is 1. The van der Waals surface area contributed by atoms with Crippen LogP contribution < -0.4 is 5.32 Å². The summed E-state index contributed by atoms with van der Waals surface area (Å²) in [7, 11) is 0. The molecular weight excluding hydrogens is 460 g/mol. The lowest BCUT2D eigenvalue weighted by atomic mass is 9.73. The van der Waals surface area contributed by atoms with E-state index in [0.717, 1.165) is 16.8 Å². The van der Waals surface area contributed by atoms with Crippen LogP contribution in [0.15, 0.2) is 102 Å². The molecule has 5 rings (SSSR count). The number of carbonyl (C=O) groups excluding carboxylic acids is 2.